The highest BCUT2D eigenvalue weighted by Crippen LogP contribution is 2.40. The summed E-state index contributed by atoms with van der Waals surface area (Å²) in [7, 11) is 1.53. The van der Waals surface area contributed by atoms with Crippen molar-refractivity contribution in [1.82, 2.24) is 20.2 Å². The first-order valence-electron chi connectivity index (χ1n) is 13.7. The minimum absolute atomic E-state index is 0.0360. The van der Waals surface area contributed by atoms with E-state index in [1.165, 1.54) is 19.2 Å². The molecule has 228 valence electrons. The average molecular weight is 619 g/mol. The normalized spacial score (nSPS) is 16.8. The summed E-state index contributed by atoms with van der Waals surface area (Å²) >= 11 is 5.85. The molecule has 1 atom stereocenters. The molecular formula is C29H30ClF3N6O4. The second-order valence-electron chi connectivity index (χ2n) is 9.95. The zero-order chi connectivity index (χ0) is 30.7. The molecule has 0 bridgehead atoms. The van der Waals surface area contributed by atoms with Crippen LogP contribution < -0.4 is 19.9 Å². The number of nitrogens with zero attached hydrogens (tertiary/aromatic N) is 5. The van der Waals surface area contributed by atoms with Gasteiger partial charge < -0.3 is 24.6 Å². The van der Waals surface area contributed by atoms with Crippen molar-refractivity contribution in [1.29, 1.82) is 0 Å². The van der Waals surface area contributed by atoms with E-state index in [1.807, 2.05) is 11.8 Å². The third-order valence-corrected chi connectivity index (χ3v) is 7.49. The van der Waals surface area contributed by atoms with Gasteiger partial charge in [-0.25, -0.2) is 14.8 Å². The standard InChI is InChI=1S/C29H30ClF3N6O4/c1-3-43-27-20(5-4-10-35-27)22-7-9-24(25(36-22)26(40)34-11-14-42-2)37-12-13-38-19(16-37)17-39(28(38)41)23-8-6-18(30)15-21(23)29(31,32)33/h4-10,15,19H,3,11-14,16-17H2,1-2H3,(H,34,40)/t19-/m0/s1. The Balaban J connectivity index is 1.45. The number of halogens is 4. The van der Waals surface area contributed by atoms with Crippen molar-refractivity contribution in [3.05, 3.63) is 64.9 Å². The van der Waals surface area contributed by atoms with E-state index in [4.69, 9.17) is 26.1 Å². The zero-order valence-electron chi connectivity index (χ0n) is 23.5. The second kappa shape index (κ2) is 12.6. The van der Waals surface area contributed by atoms with Gasteiger partial charge in [-0.1, -0.05) is 11.6 Å². The molecule has 1 aromatic carbocycles. The Bertz CT molecular complexity index is 1510. The Morgan fingerprint density at radius 2 is 1.93 bits per heavy atom. The maximum absolute atomic E-state index is 13.8. The predicted octanol–water partition coefficient (Wildman–Crippen LogP) is 4.72. The number of aromatic nitrogens is 2. The number of alkyl halides is 3. The maximum atomic E-state index is 13.8. The summed E-state index contributed by atoms with van der Waals surface area (Å²) in [6.07, 6.45) is -3.08. The van der Waals surface area contributed by atoms with E-state index < -0.39 is 29.7 Å². The van der Waals surface area contributed by atoms with E-state index in [0.29, 0.717) is 42.6 Å². The molecular weight excluding hydrogens is 589 g/mol. The first kappa shape index (κ1) is 30.4. The highest BCUT2D eigenvalue weighted by Gasteiger charge is 2.45. The van der Waals surface area contributed by atoms with Crippen molar-refractivity contribution in [2.45, 2.75) is 19.1 Å². The van der Waals surface area contributed by atoms with Crippen LogP contribution >= 0.6 is 11.6 Å². The molecule has 2 aromatic heterocycles. The van der Waals surface area contributed by atoms with Crippen LogP contribution in [0.15, 0.2) is 48.7 Å². The lowest BCUT2D eigenvalue weighted by Crippen LogP contribution is -2.52. The lowest BCUT2D eigenvalue weighted by atomic mass is 10.1. The summed E-state index contributed by atoms with van der Waals surface area (Å²) < 4.78 is 52.2. The fourth-order valence-electron chi connectivity index (χ4n) is 5.31. The highest BCUT2D eigenvalue weighted by atomic mass is 35.5. The number of pyridine rings is 2. The van der Waals surface area contributed by atoms with Gasteiger partial charge in [0.2, 0.25) is 5.88 Å². The van der Waals surface area contributed by atoms with Crippen molar-refractivity contribution in [3.8, 4) is 17.1 Å². The molecule has 3 amide bonds. The minimum atomic E-state index is -4.69. The van der Waals surface area contributed by atoms with Crippen molar-refractivity contribution in [2.75, 3.05) is 62.8 Å². The van der Waals surface area contributed by atoms with Crippen LogP contribution in [0.4, 0.5) is 29.3 Å². The van der Waals surface area contributed by atoms with Crippen LogP contribution in [-0.2, 0) is 10.9 Å². The number of methoxy groups -OCH3 is 1. The number of nitrogens with one attached hydrogen (secondary N) is 1. The van der Waals surface area contributed by atoms with Crippen molar-refractivity contribution < 1.29 is 32.2 Å². The number of anilines is 2. The van der Waals surface area contributed by atoms with Crippen LogP contribution in [0.25, 0.3) is 11.3 Å². The number of hydrogen-bond donors (Lipinski definition) is 1. The van der Waals surface area contributed by atoms with Crippen molar-refractivity contribution in [2.24, 2.45) is 0 Å². The van der Waals surface area contributed by atoms with E-state index in [0.717, 1.165) is 11.0 Å². The molecule has 0 saturated carbocycles. The van der Waals surface area contributed by atoms with Gasteiger partial charge in [-0.15, -0.1) is 0 Å². The number of urea groups is 1. The zero-order valence-corrected chi connectivity index (χ0v) is 24.3. The molecule has 5 rings (SSSR count). The van der Waals surface area contributed by atoms with Gasteiger partial charge in [-0.3, -0.25) is 9.69 Å². The summed E-state index contributed by atoms with van der Waals surface area (Å²) in [5.74, 6) is -0.0344. The Morgan fingerprint density at radius 3 is 2.67 bits per heavy atom. The maximum Gasteiger partial charge on any atom is 0.418 e. The molecule has 10 nitrogen and oxygen atoms in total. The summed E-state index contributed by atoms with van der Waals surface area (Å²) in [4.78, 5) is 40.3. The Labute approximate surface area is 251 Å². The summed E-state index contributed by atoms with van der Waals surface area (Å²) in [6, 6.07) is 9.55. The highest BCUT2D eigenvalue weighted by molar-refractivity contribution is 6.30. The van der Waals surface area contributed by atoms with Crippen molar-refractivity contribution >= 4 is 34.9 Å². The fraction of sp³-hybridized carbons (Fsp3) is 0.379. The van der Waals surface area contributed by atoms with E-state index in [1.54, 1.807) is 35.4 Å². The molecule has 2 aliphatic rings. The molecule has 0 spiro atoms. The number of ether oxygens (including phenoxy) is 2. The van der Waals surface area contributed by atoms with E-state index in [9.17, 15) is 22.8 Å². The average Bonchev–Trinajstić information content (AvgIpc) is 3.32. The van der Waals surface area contributed by atoms with Gasteiger partial charge in [0.05, 0.1) is 47.5 Å². The molecule has 3 aromatic rings. The molecule has 43 heavy (non-hydrogen) atoms. The van der Waals surface area contributed by atoms with Crippen LogP contribution in [0.1, 0.15) is 23.0 Å². The Morgan fingerprint density at radius 1 is 1.14 bits per heavy atom. The predicted molar refractivity (Wildman–Crippen MR) is 155 cm³/mol. The number of rotatable bonds is 9. The number of fused-ring (bicyclic) bond motifs is 1. The number of amides is 3. The lowest BCUT2D eigenvalue weighted by Gasteiger charge is -2.38. The molecule has 1 N–H and O–H groups in total. The molecule has 2 aliphatic heterocycles. The third kappa shape index (κ3) is 6.32. The number of hydrogen-bond acceptors (Lipinski definition) is 7. The largest absolute Gasteiger partial charge is 0.477 e. The van der Waals surface area contributed by atoms with Gasteiger partial charge in [0.15, 0.2) is 5.69 Å². The van der Waals surface area contributed by atoms with Gasteiger partial charge in [-0.2, -0.15) is 13.2 Å². The quantitative estimate of drug-likeness (QED) is 0.347. The topological polar surface area (TPSA) is 100 Å². The smallest absolute Gasteiger partial charge is 0.418 e. The molecule has 0 aliphatic carbocycles. The van der Waals surface area contributed by atoms with Crippen molar-refractivity contribution in [3.63, 3.8) is 0 Å². The van der Waals surface area contributed by atoms with Crippen LogP contribution in [0, 0.1) is 0 Å². The van der Waals surface area contributed by atoms with E-state index in [-0.39, 0.29) is 42.6 Å². The SMILES string of the molecule is CCOc1ncccc1-c1ccc(N2CCN3C(=O)N(c4ccc(Cl)cc4C(F)(F)F)C[C@@H]3C2)c(C(=O)NCCOC)n1. The Kier molecular flexibility index (Phi) is 8.92. The van der Waals surface area contributed by atoms with Crippen LogP contribution in [0.3, 0.4) is 0 Å². The number of carbonyl (C=O) groups is 2. The first-order valence-corrected chi connectivity index (χ1v) is 14.1. The Hall–Kier alpha value is -4.10. The van der Waals surface area contributed by atoms with E-state index in [2.05, 4.69) is 10.3 Å². The second-order valence-corrected chi connectivity index (χ2v) is 10.4. The van der Waals surface area contributed by atoms with Gasteiger partial charge in [0.1, 0.15) is 0 Å². The van der Waals surface area contributed by atoms with Gasteiger partial charge in [-0.05, 0) is 49.4 Å². The van der Waals surface area contributed by atoms with Crippen LogP contribution in [0.2, 0.25) is 5.02 Å². The molecule has 2 saturated heterocycles. The molecule has 0 unspecified atom stereocenters. The third-order valence-electron chi connectivity index (χ3n) is 7.26. The lowest BCUT2D eigenvalue weighted by molar-refractivity contribution is -0.137. The number of piperazine rings is 1. The van der Waals surface area contributed by atoms with Crippen LogP contribution in [0.5, 0.6) is 5.88 Å². The van der Waals surface area contributed by atoms with Crippen LogP contribution in [-0.4, -0.2) is 85.9 Å². The molecule has 4 heterocycles. The number of carbonyl (C=O) groups excluding carboxylic acids is 2. The van der Waals surface area contributed by atoms with Gasteiger partial charge in [0.25, 0.3) is 5.91 Å². The summed E-state index contributed by atoms with van der Waals surface area (Å²) in [5.41, 5.74) is 0.586. The number of benzene rings is 1. The fourth-order valence-corrected chi connectivity index (χ4v) is 5.48. The molecule has 0 radical (unpaired) electrons. The summed E-state index contributed by atoms with van der Waals surface area (Å²) in [6.45, 7) is 3.73. The minimum Gasteiger partial charge on any atom is -0.477 e. The molecule has 2 fully saturated rings. The summed E-state index contributed by atoms with van der Waals surface area (Å²) in [5, 5.41) is 2.74. The monoisotopic (exact) mass is 618 g/mol. The first-order chi connectivity index (χ1) is 20.6. The molecule has 14 heteroatoms. The van der Waals surface area contributed by atoms with E-state index >= 15 is 0 Å². The van der Waals surface area contributed by atoms with Gasteiger partial charge in [0, 0.05) is 51.1 Å². The van der Waals surface area contributed by atoms with Gasteiger partial charge >= 0.3 is 12.2 Å².